The largest absolute Gasteiger partial charge is 0.416 e. The third-order valence-electron chi connectivity index (χ3n) is 5.13. The Hall–Kier alpha value is -2.52. The van der Waals surface area contributed by atoms with Crippen LogP contribution in [0.1, 0.15) is 45.4 Å². The summed E-state index contributed by atoms with van der Waals surface area (Å²) in [5.41, 5.74) is -0.227. The molecule has 3 aromatic rings. The Bertz CT molecular complexity index is 1000. The maximum atomic E-state index is 12.9. The van der Waals surface area contributed by atoms with E-state index >= 15 is 0 Å². The molecule has 1 saturated heterocycles. The molecule has 9 heteroatoms. The van der Waals surface area contributed by atoms with Crippen molar-refractivity contribution in [2.75, 3.05) is 13.1 Å². The summed E-state index contributed by atoms with van der Waals surface area (Å²) in [5.74, 6) is 0.865. The van der Waals surface area contributed by atoms with Crippen molar-refractivity contribution in [1.82, 2.24) is 15.0 Å². The average Bonchev–Trinajstić information content (AvgIpc) is 3.40. The van der Waals surface area contributed by atoms with Crippen molar-refractivity contribution >= 4 is 17.1 Å². The summed E-state index contributed by atoms with van der Waals surface area (Å²) in [6.07, 6.45) is -2.46. The molecule has 1 atom stereocenters. The normalized spacial score (nSPS) is 17.9. The number of Topliss-reactive ketones (excluding diaryl/α,β-unsaturated/α-hetero) is 1. The van der Waals surface area contributed by atoms with Crippen LogP contribution >= 0.6 is 11.3 Å². The smallest absolute Gasteiger partial charge is 0.338 e. The Balaban J connectivity index is 1.37. The van der Waals surface area contributed by atoms with Crippen LogP contribution in [0.15, 0.2) is 46.3 Å². The maximum absolute atomic E-state index is 12.9. The lowest BCUT2D eigenvalue weighted by atomic mass is 9.93. The molecule has 1 aliphatic heterocycles. The van der Waals surface area contributed by atoms with Crippen molar-refractivity contribution in [2.24, 2.45) is 5.92 Å². The highest BCUT2D eigenvalue weighted by Crippen LogP contribution is 2.30. The Morgan fingerprint density at radius 3 is 2.90 bits per heavy atom. The van der Waals surface area contributed by atoms with Crippen LogP contribution in [0.5, 0.6) is 0 Å². The molecule has 0 saturated carbocycles. The summed E-state index contributed by atoms with van der Waals surface area (Å²) in [5, 5.41) is 5.81. The lowest BCUT2D eigenvalue weighted by molar-refractivity contribution is -0.137. The molecule has 0 spiro atoms. The molecule has 1 aromatic carbocycles. The first-order valence-electron chi connectivity index (χ1n) is 9.66. The van der Waals surface area contributed by atoms with Gasteiger partial charge in [0.05, 0.1) is 17.0 Å². The van der Waals surface area contributed by atoms with Gasteiger partial charge in [0.25, 0.3) is 0 Å². The van der Waals surface area contributed by atoms with E-state index in [0.29, 0.717) is 30.4 Å². The number of hydrogen-bond acceptors (Lipinski definition) is 6. The third kappa shape index (κ3) is 4.96. The van der Waals surface area contributed by atoms with Crippen LogP contribution in [0.4, 0.5) is 13.2 Å². The van der Waals surface area contributed by atoms with Crippen molar-refractivity contribution in [1.29, 1.82) is 0 Å². The molecule has 1 aliphatic rings. The number of aromatic nitrogens is 2. The van der Waals surface area contributed by atoms with Crippen molar-refractivity contribution < 1.29 is 22.5 Å². The van der Waals surface area contributed by atoms with Crippen LogP contribution in [0.3, 0.4) is 0 Å². The van der Waals surface area contributed by atoms with E-state index in [-0.39, 0.29) is 18.1 Å². The molecular formula is C21H20F3N3O2S. The number of benzene rings is 1. The number of ketones is 1. The highest BCUT2D eigenvalue weighted by atomic mass is 32.1. The summed E-state index contributed by atoms with van der Waals surface area (Å²) in [4.78, 5) is 19.8. The lowest BCUT2D eigenvalue weighted by Crippen LogP contribution is -2.38. The van der Waals surface area contributed by atoms with E-state index in [1.54, 1.807) is 6.07 Å². The fraction of sp³-hybridized carbons (Fsp3) is 0.381. The molecule has 0 unspecified atom stereocenters. The van der Waals surface area contributed by atoms with Gasteiger partial charge in [0.1, 0.15) is 0 Å². The highest BCUT2D eigenvalue weighted by molar-refractivity contribution is 7.12. The van der Waals surface area contributed by atoms with Crippen LogP contribution < -0.4 is 0 Å². The molecule has 4 rings (SSSR count). The fourth-order valence-electron chi connectivity index (χ4n) is 3.69. The van der Waals surface area contributed by atoms with Crippen molar-refractivity contribution in [3.8, 4) is 0 Å². The van der Waals surface area contributed by atoms with Gasteiger partial charge in [0, 0.05) is 18.9 Å². The van der Waals surface area contributed by atoms with Crippen LogP contribution in [-0.2, 0) is 19.1 Å². The van der Waals surface area contributed by atoms with Gasteiger partial charge in [-0.05, 0) is 42.5 Å². The number of piperidine rings is 1. The molecular weight excluding hydrogens is 415 g/mol. The molecule has 0 amide bonds. The topological polar surface area (TPSA) is 59.2 Å². The van der Waals surface area contributed by atoms with Gasteiger partial charge >= 0.3 is 6.18 Å². The lowest BCUT2D eigenvalue weighted by Gasteiger charge is -2.30. The molecule has 0 N–H and O–H groups in total. The number of halogens is 3. The third-order valence-corrected chi connectivity index (χ3v) is 6.01. The van der Waals surface area contributed by atoms with Gasteiger partial charge in [-0.25, -0.2) is 0 Å². The van der Waals surface area contributed by atoms with Gasteiger partial charge in [-0.1, -0.05) is 29.4 Å². The van der Waals surface area contributed by atoms with E-state index in [2.05, 4.69) is 15.0 Å². The second kappa shape index (κ2) is 8.69. The number of nitrogens with zero attached hydrogens (tertiary/aromatic N) is 3. The van der Waals surface area contributed by atoms with E-state index in [1.165, 1.54) is 17.4 Å². The van der Waals surface area contributed by atoms with E-state index in [4.69, 9.17) is 4.52 Å². The van der Waals surface area contributed by atoms with Gasteiger partial charge < -0.3 is 4.52 Å². The predicted octanol–water partition coefficient (Wildman–Crippen LogP) is 4.84. The number of thiophene rings is 1. The first kappa shape index (κ1) is 20.7. The second-order valence-electron chi connectivity index (χ2n) is 7.40. The van der Waals surface area contributed by atoms with Crippen molar-refractivity contribution in [3.63, 3.8) is 0 Å². The summed E-state index contributed by atoms with van der Waals surface area (Å²) < 4.78 is 43.9. The zero-order valence-electron chi connectivity index (χ0n) is 16.1. The summed E-state index contributed by atoms with van der Waals surface area (Å²) >= 11 is 1.46. The number of carbonyl (C=O) groups excluding carboxylic acids is 1. The molecule has 5 nitrogen and oxygen atoms in total. The van der Waals surface area contributed by atoms with Crippen molar-refractivity contribution in [2.45, 2.75) is 32.0 Å². The minimum absolute atomic E-state index is 0.0510. The number of rotatable bonds is 6. The molecule has 0 radical (unpaired) electrons. The van der Waals surface area contributed by atoms with Crippen molar-refractivity contribution in [3.05, 3.63) is 69.5 Å². The molecule has 0 aliphatic carbocycles. The van der Waals surface area contributed by atoms with Gasteiger partial charge in [-0.15, -0.1) is 11.3 Å². The molecule has 2 aromatic heterocycles. The number of hydrogen-bond donors (Lipinski definition) is 0. The minimum atomic E-state index is -4.39. The summed E-state index contributed by atoms with van der Waals surface area (Å²) in [7, 11) is 0. The zero-order valence-corrected chi connectivity index (χ0v) is 16.9. The van der Waals surface area contributed by atoms with Gasteiger partial charge in [0.15, 0.2) is 11.6 Å². The Morgan fingerprint density at radius 1 is 1.27 bits per heavy atom. The minimum Gasteiger partial charge on any atom is -0.338 e. The fourth-order valence-corrected chi connectivity index (χ4v) is 4.43. The Labute approximate surface area is 175 Å². The van der Waals surface area contributed by atoms with Gasteiger partial charge in [-0.3, -0.25) is 9.69 Å². The zero-order chi connectivity index (χ0) is 21.1. The van der Waals surface area contributed by atoms with Gasteiger partial charge in [-0.2, -0.15) is 18.2 Å². The maximum Gasteiger partial charge on any atom is 0.416 e. The SMILES string of the molecule is O=C(c1cccs1)[C@@H]1CCCN(Cc2nc(Cc3cccc(C(F)(F)F)c3)no2)C1. The average molecular weight is 435 g/mol. The van der Waals surface area contributed by atoms with Crippen LogP contribution in [-0.4, -0.2) is 33.9 Å². The standard InChI is InChI=1S/C21H20F3N3O2S/c22-21(23,24)16-6-1-4-14(10-16)11-18-25-19(29-26-18)13-27-8-2-5-15(12-27)20(28)17-7-3-9-30-17/h1,3-4,6-7,9-10,15H,2,5,8,11-13H2/t15-/m1/s1. The quantitative estimate of drug-likeness (QED) is 0.519. The van der Waals surface area contributed by atoms with E-state index in [0.717, 1.165) is 36.4 Å². The molecule has 3 heterocycles. The van der Waals surface area contributed by atoms with Crippen LogP contribution in [0, 0.1) is 5.92 Å². The molecule has 1 fully saturated rings. The van der Waals surface area contributed by atoms with Crippen LogP contribution in [0.2, 0.25) is 0 Å². The predicted molar refractivity (Wildman–Crippen MR) is 105 cm³/mol. The first-order valence-corrected chi connectivity index (χ1v) is 10.5. The monoisotopic (exact) mass is 435 g/mol. The van der Waals surface area contributed by atoms with E-state index in [9.17, 15) is 18.0 Å². The molecule has 30 heavy (non-hydrogen) atoms. The van der Waals surface area contributed by atoms with Crippen LogP contribution in [0.25, 0.3) is 0 Å². The summed E-state index contributed by atoms with van der Waals surface area (Å²) in [6.45, 7) is 1.88. The Kier molecular flexibility index (Phi) is 6.01. The number of carbonyl (C=O) groups is 1. The van der Waals surface area contributed by atoms with E-state index in [1.807, 2.05) is 17.5 Å². The molecule has 0 bridgehead atoms. The summed E-state index contributed by atoms with van der Waals surface area (Å²) in [6, 6.07) is 8.85. The highest BCUT2D eigenvalue weighted by Gasteiger charge is 2.30. The Morgan fingerprint density at radius 2 is 2.13 bits per heavy atom. The van der Waals surface area contributed by atoms with Gasteiger partial charge in [0.2, 0.25) is 5.89 Å². The number of likely N-dealkylation sites (tertiary alicyclic amines) is 1. The second-order valence-corrected chi connectivity index (χ2v) is 8.34. The van der Waals surface area contributed by atoms with E-state index < -0.39 is 11.7 Å². The first-order chi connectivity index (χ1) is 14.4. The number of alkyl halides is 3. The molecule has 158 valence electrons.